The van der Waals surface area contributed by atoms with Gasteiger partial charge in [0.15, 0.2) is 0 Å². The first kappa shape index (κ1) is 21.3. The molecule has 0 radical (unpaired) electrons. The molecule has 1 atom stereocenters. The molecule has 3 aromatic rings. The smallest absolute Gasteiger partial charge is 0.323 e. The molecule has 34 heavy (non-hydrogen) atoms. The van der Waals surface area contributed by atoms with E-state index in [9.17, 15) is 14.0 Å². The van der Waals surface area contributed by atoms with Crippen molar-refractivity contribution in [2.45, 2.75) is 64.1 Å². The first-order valence-corrected chi connectivity index (χ1v) is 12.4. The number of aromatic nitrogens is 2. The Kier molecular flexibility index (Phi) is 5.35. The zero-order chi connectivity index (χ0) is 23.2. The molecule has 4 heterocycles. The molecule has 1 saturated heterocycles. The van der Waals surface area contributed by atoms with Crippen LogP contribution in [-0.4, -0.2) is 43.9 Å². The Hall–Kier alpha value is -3.22. The van der Waals surface area contributed by atoms with Crippen LogP contribution >= 0.6 is 0 Å². The molecule has 0 spiro atoms. The Labute approximate surface area is 198 Å². The van der Waals surface area contributed by atoms with Gasteiger partial charge in [-0.2, -0.15) is 0 Å². The summed E-state index contributed by atoms with van der Waals surface area (Å²) in [7, 11) is 0. The molecule has 1 unspecified atom stereocenters. The number of imide groups is 1. The molecule has 3 aliphatic rings. The Bertz CT molecular complexity index is 1250. The SMILES string of the molecule is O=C1C2Cc3c(n(Cc4ccc(F)cc4)c4ncccc34)CN2C(=O)N1CCC1CCCCC1. The molecular weight excluding hydrogens is 431 g/mol. The van der Waals surface area contributed by atoms with E-state index in [4.69, 9.17) is 0 Å². The van der Waals surface area contributed by atoms with Crippen LogP contribution < -0.4 is 0 Å². The fraction of sp³-hybridized carbons (Fsp3) is 0.444. The third-order valence-corrected chi connectivity index (χ3v) is 7.90. The maximum atomic E-state index is 13.4. The molecule has 1 aromatic carbocycles. The highest BCUT2D eigenvalue weighted by atomic mass is 19.1. The summed E-state index contributed by atoms with van der Waals surface area (Å²) in [6.45, 7) is 1.45. The molecule has 0 bridgehead atoms. The van der Waals surface area contributed by atoms with Crippen molar-refractivity contribution in [3.05, 3.63) is 65.2 Å². The number of carbonyl (C=O) groups excluding carboxylic acids is 2. The van der Waals surface area contributed by atoms with E-state index < -0.39 is 6.04 Å². The van der Waals surface area contributed by atoms with Crippen LogP contribution in [0.4, 0.5) is 9.18 Å². The van der Waals surface area contributed by atoms with Crippen molar-refractivity contribution >= 4 is 23.0 Å². The van der Waals surface area contributed by atoms with E-state index in [0.29, 0.717) is 32.0 Å². The van der Waals surface area contributed by atoms with Gasteiger partial charge >= 0.3 is 6.03 Å². The molecule has 2 aliphatic heterocycles. The van der Waals surface area contributed by atoms with Gasteiger partial charge in [-0.15, -0.1) is 0 Å². The van der Waals surface area contributed by atoms with E-state index >= 15 is 0 Å². The summed E-state index contributed by atoms with van der Waals surface area (Å²) in [5, 5.41) is 1.03. The molecule has 7 heteroatoms. The molecule has 0 N–H and O–H groups in total. The summed E-state index contributed by atoms with van der Waals surface area (Å²) in [6.07, 6.45) is 9.43. The lowest BCUT2D eigenvalue weighted by Gasteiger charge is -2.28. The highest BCUT2D eigenvalue weighted by molar-refractivity contribution is 6.05. The number of urea groups is 1. The zero-order valence-corrected chi connectivity index (χ0v) is 19.3. The second-order valence-corrected chi connectivity index (χ2v) is 9.93. The van der Waals surface area contributed by atoms with E-state index in [1.807, 2.05) is 12.1 Å². The summed E-state index contributed by atoms with van der Waals surface area (Å²) in [5.74, 6) is 0.299. The van der Waals surface area contributed by atoms with Crippen molar-refractivity contribution in [3.8, 4) is 0 Å². The van der Waals surface area contributed by atoms with Gasteiger partial charge < -0.3 is 9.47 Å². The minimum atomic E-state index is -0.434. The maximum Gasteiger partial charge on any atom is 0.327 e. The van der Waals surface area contributed by atoms with Crippen molar-refractivity contribution in [1.29, 1.82) is 0 Å². The predicted octanol–water partition coefficient (Wildman–Crippen LogP) is 4.88. The van der Waals surface area contributed by atoms with E-state index in [-0.39, 0.29) is 17.8 Å². The summed E-state index contributed by atoms with van der Waals surface area (Å²) in [4.78, 5) is 34.5. The van der Waals surface area contributed by atoms with Gasteiger partial charge in [-0.25, -0.2) is 14.2 Å². The summed E-state index contributed by atoms with van der Waals surface area (Å²) in [6, 6.07) is 9.84. The number of nitrogens with zero attached hydrogens (tertiary/aromatic N) is 4. The standard InChI is InChI=1S/C27H29FN4O2/c28-20-10-8-19(9-11-20)16-31-24-17-32-23(15-22(24)21-7-4-13-29-25(21)31)26(33)30(27(32)34)14-12-18-5-2-1-3-6-18/h4,7-11,13,18,23H,1-3,5-6,12,14-17H2. The first-order chi connectivity index (χ1) is 16.6. The quantitative estimate of drug-likeness (QED) is 0.510. The summed E-state index contributed by atoms with van der Waals surface area (Å²) < 4.78 is 15.6. The molecule has 6 rings (SSSR count). The van der Waals surface area contributed by atoms with Crippen molar-refractivity contribution < 1.29 is 14.0 Å². The van der Waals surface area contributed by atoms with Gasteiger partial charge in [-0.05, 0) is 47.7 Å². The number of carbonyl (C=O) groups is 2. The fourth-order valence-electron chi connectivity index (χ4n) is 6.06. The average Bonchev–Trinajstić information content (AvgIpc) is 3.30. The molecular formula is C27H29FN4O2. The van der Waals surface area contributed by atoms with Gasteiger partial charge in [-0.1, -0.05) is 44.2 Å². The monoisotopic (exact) mass is 460 g/mol. The number of hydrogen-bond acceptors (Lipinski definition) is 3. The molecule has 2 aromatic heterocycles. The van der Waals surface area contributed by atoms with E-state index in [0.717, 1.165) is 34.3 Å². The van der Waals surface area contributed by atoms with Gasteiger partial charge in [0.1, 0.15) is 17.5 Å². The first-order valence-electron chi connectivity index (χ1n) is 12.4. The molecule has 176 valence electrons. The lowest BCUT2D eigenvalue weighted by Crippen LogP contribution is -2.40. The maximum absolute atomic E-state index is 13.4. The number of halogens is 1. The summed E-state index contributed by atoms with van der Waals surface area (Å²) >= 11 is 0. The largest absolute Gasteiger partial charge is 0.327 e. The highest BCUT2D eigenvalue weighted by Crippen LogP contribution is 2.37. The lowest BCUT2D eigenvalue weighted by atomic mass is 9.87. The number of amides is 3. The van der Waals surface area contributed by atoms with Crippen LogP contribution in [0.1, 0.15) is 55.3 Å². The summed E-state index contributed by atoms with van der Waals surface area (Å²) in [5.41, 5.74) is 3.92. The molecule has 1 aliphatic carbocycles. The van der Waals surface area contributed by atoms with Crippen LogP contribution in [0.2, 0.25) is 0 Å². The van der Waals surface area contributed by atoms with Gasteiger partial charge in [-0.3, -0.25) is 9.69 Å². The zero-order valence-electron chi connectivity index (χ0n) is 19.3. The minimum absolute atomic E-state index is 0.0604. The van der Waals surface area contributed by atoms with Crippen LogP contribution in [0.5, 0.6) is 0 Å². The predicted molar refractivity (Wildman–Crippen MR) is 127 cm³/mol. The Morgan fingerprint density at radius 1 is 1.03 bits per heavy atom. The van der Waals surface area contributed by atoms with E-state index in [2.05, 4.69) is 9.55 Å². The van der Waals surface area contributed by atoms with Crippen LogP contribution in [0.3, 0.4) is 0 Å². The number of fused-ring (bicyclic) bond motifs is 4. The number of hydrogen-bond donors (Lipinski definition) is 0. The normalized spacial score (nSPS) is 20.8. The van der Waals surface area contributed by atoms with Crippen LogP contribution in [-0.2, 0) is 24.3 Å². The highest BCUT2D eigenvalue weighted by Gasteiger charge is 2.48. The Morgan fingerprint density at radius 2 is 1.82 bits per heavy atom. The molecule has 2 fully saturated rings. The Morgan fingerprint density at radius 3 is 2.62 bits per heavy atom. The average molecular weight is 461 g/mol. The number of pyridine rings is 1. The van der Waals surface area contributed by atoms with Crippen LogP contribution in [0, 0.1) is 11.7 Å². The van der Waals surface area contributed by atoms with Crippen LogP contribution in [0.15, 0.2) is 42.6 Å². The van der Waals surface area contributed by atoms with Crippen molar-refractivity contribution in [3.63, 3.8) is 0 Å². The molecule has 3 amide bonds. The molecule has 1 saturated carbocycles. The van der Waals surface area contributed by atoms with Gasteiger partial charge in [0.2, 0.25) is 0 Å². The van der Waals surface area contributed by atoms with Crippen LogP contribution in [0.25, 0.3) is 11.0 Å². The Balaban J connectivity index is 1.29. The van der Waals surface area contributed by atoms with E-state index in [1.165, 1.54) is 49.1 Å². The third kappa shape index (κ3) is 3.58. The number of benzene rings is 1. The van der Waals surface area contributed by atoms with Gasteiger partial charge in [0.25, 0.3) is 5.91 Å². The topological polar surface area (TPSA) is 58.4 Å². The third-order valence-electron chi connectivity index (χ3n) is 7.90. The lowest BCUT2D eigenvalue weighted by molar-refractivity contribution is -0.128. The fourth-order valence-corrected chi connectivity index (χ4v) is 6.06. The van der Waals surface area contributed by atoms with Gasteiger partial charge in [0.05, 0.1) is 6.54 Å². The van der Waals surface area contributed by atoms with Crippen molar-refractivity contribution in [1.82, 2.24) is 19.4 Å². The van der Waals surface area contributed by atoms with Gasteiger partial charge in [0, 0.05) is 36.8 Å². The van der Waals surface area contributed by atoms with Crippen molar-refractivity contribution in [2.75, 3.05) is 6.54 Å². The minimum Gasteiger partial charge on any atom is -0.323 e. The van der Waals surface area contributed by atoms with E-state index in [1.54, 1.807) is 23.2 Å². The molecule has 6 nitrogen and oxygen atoms in total. The second-order valence-electron chi connectivity index (χ2n) is 9.93. The number of rotatable bonds is 5. The second kappa shape index (κ2) is 8.53. The van der Waals surface area contributed by atoms with Crippen molar-refractivity contribution in [2.24, 2.45) is 5.92 Å².